The second kappa shape index (κ2) is 19.2. The van der Waals surface area contributed by atoms with Crippen LogP contribution in [0.15, 0.2) is 237 Å². The van der Waals surface area contributed by atoms with Crippen molar-refractivity contribution in [3.8, 4) is 55.6 Å². The molecule has 0 bridgehead atoms. The minimum atomic E-state index is 1.04. The fourth-order valence-electron chi connectivity index (χ4n) is 10.2. The molecule has 0 saturated carbocycles. The van der Waals surface area contributed by atoms with E-state index >= 15 is 0 Å². The molecule has 0 aromatic heterocycles. The van der Waals surface area contributed by atoms with Crippen molar-refractivity contribution in [2.24, 2.45) is 0 Å². The molecule has 10 aromatic rings. The van der Waals surface area contributed by atoms with Crippen LogP contribution >= 0.6 is 0 Å². The molecule has 0 saturated heterocycles. The van der Waals surface area contributed by atoms with Crippen molar-refractivity contribution in [3.05, 3.63) is 264 Å². The van der Waals surface area contributed by atoms with Gasteiger partial charge in [-0.2, -0.15) is 0 Å². The number of benzene rings is 10. The fraction of sp³-hybridized carbons (Fsp3) is 0.104. The molecule has 2 heteroatoms. The van der Waals surface area contributed by atoms with Gasteiger partial charge in [0.25, 0.3) is 0 Å². The quantitative estimate of drug-likeness (QED) is 0.128. The van der Waals surface area contributed by atoms with Crippen LogP contribution in [-0.4, -0.2) is 0 Å². The van der Waals surface area contributed by atoms with Crippen LogP contribution in [0.25, 0.3) is 55.6 Å². The monoisotopic (exact) mass is 888 g/mol. The summed E-state index contributed by atoms with van der Waals surface area (Å²) in [5.74, 6) is 0. The highest BCUT2D eigenvalue weighted by atomic mass is 15.1. The third-order valence-corrected chi connectivity index (χ3v) is 13.9. The summed E-state index contributed by atoms with van der Waals surface area (Å²) in [5, 5.41) is 0. The van der Waals surface area contributed by atoms with Crippen molar-refractivity contribution < 1.29 is 0 Å². The SMILES string of the molecule is Cc1ccc(-c2ccc(N(c3ccc(-c4cccc(C)c4)cc3)c3ccc(-c4ccc(N(c5ccc(-c6ccccc6)cc5)c5ccc(-c6ccc(C)cc6)cc5)c5c4CCCC5)cc3)cc2)cc1. The van der Waals surface area contributed by atoms with Crippen LogP contribution in [0.2, 0.25) is 0 Å². The van der Waals surface area contributed by atoms with E-state index in [0.717, 1.165) is 41.3 Å². The molecular weight excluding hydrogens is 833 g/mol. The summed E-state index contributed by atoms with van der Waals surface area (Å²) in [5.41, 5.74) is 26.0. The third-order valence-electron chi connectivity index (χ3n) is 13.9. The highest BCUT2D eigenvalue weighted by molar-refractivity contribution is 5.86. The van der Waals surface area contributed by atoms with Crippen LogP contribution in [0.5, 0.6) is 0 Å². The molecule has 0 atom stereocenters. The van der Waals surface area contributed by atoms with Gasteiger partial charge in [-0.25, -0.2) is 0 Å². The van der Waals surface area contributed by atoms with Crippen molar-refractivity contribution in [2.75, 3.05) is 9.80 Å². The van der Waals surface area contributed by atoms with Crippen molar-refractivity contribution in [3.63, 3.8) is 0 Å². The molecule has 0 amide bonds. The minimum Gasteiger partial charge on any atom is -0.311 e. The van der Waals surface area contributed by atoms with Crippen molar-refractivity contribution in [1.82, 2.24) is 0 Å². The molecule has 0 aliphatic heterocycles. The molecular formula is C67H56N2. The Hall–Kier alpha value is -8.20. The highest BCUT2D eigenvalue weighted by Gasteiger charge is 2.24. The predicted octanol–water partition coefficient (Wildman–Crippen LogP) is 18.8. The van der Waals surface area contributed by atoms with E-state index in [4.69, 9.17) is 0 Å². The summed E-state index contributed by atoms with van der Waals surface area (Å²) >= 11 is 0. The van der Waals surface area contributed by atoms with Gasteiger partial charge in [0.2, 0.25) is 0 Å². The van der Waals surface area contributed by atoms with E-state index in [0.29, 0.717) is 0 Å². The molecule has 334 valence electrons. The summed E-state index contributed by atoms with van der Waals surface area (Å²) in [6.45, 7) is 6.43. The molecule has 0 unspecified atom stereocenters. The minimum absolute atomic E-state index is 1.04. The van der Waals surface area contributed by atoms with E-state index in [2.05, 4.69) is 267 Å². The van der Waals surface area contributed by atoms with E-state index in [1.807, 2.05) is 0 Å². The topological polar surface area (TPSA) is 6.48 Å². The normalized spacial score (nSPS) is 12.0. The summed E-state index contributed by atoms with van der Waals surface area (Å²) < 4.78 is 0. The Kier molecular flexibility index (Phi) is 12.1. The van der Waals surface area contributed by atoms with Crippen molar-refractivity contribution in [1.29, 1.82) is 0 Å². The zero-order valence-corrected chi connectivity index (χ0v) is 39.7. The number of fused-ring (bicyclic) bond motifs is 1. The summed E-state index contributed by atoms with van der Waals surface area (Å²) in [7, 11) is 0. The molecule has 10 aromatic carbocycles. The third kappa shape index (κ3) is 9.15. The molecule has 69 heavy (non-hydrogen) atoms. The number of rotatable bonds is 11. The average molecular weight is 889 g/mol. The zero-order chi connectivity index (χ0) is 46.7. The molecule has 0 radical (unpaired) electrons. The lowest BCUT2D eigenvalue weighted by Crippen LogP contribution is -2.16. The maximum absolute atomic E-state index is 2.48. The predicted molar refractivity (Wildman–Crippen MR) is 294 cm³/mol. The molecule has 0 N–H and O–H groups in total. The lowest BCUT2D eigenvalue weighted by atomic mass is 9.84. The molecule has 0 fully saturated rings. The van der Waals surface area contributed by atoms with Gasteiger partial charge in [-0.3, -0.25) is 0 Å². The Morgan fingerprint density at radius 1 is 0.261 bits per heavy atom. The Morgan fingerprint density at radius 3 is 1.07 bits per heavy atom. The highest BCUT2D eigenvalue weighted by Crippen LogP contribution is 2.45. The molecule has 1 aliphatic rings. The van der Waals surface area contributed by atoms with E-state index in [-0.39, 0.29) is 0 Å². The van der Waals surface area contributed by atoms with Crippen molar-refractivity contribution in [2.45, 2.75) is 46.5 Å². The molecule has 2 nitrogen and oxygen atoms in total. The van der Waals surface area contributed by atoms with E-state index < -0.39 is 0 Å². The molecule has 0 spiro atoms. The molecule has 11 rings (SSSR count). The van der Waals surface area contributed by atoms with E-state index in [1.54, 1.807) is 0 Å². The van der Waals surface area contributed by atoms with E-state index in [1.165, 1.54) is 102 Å². The second-order valence-corrected chi connectivity index (χ2v) is 18.7. The Morgan fingerprint density at radius 2 is 0.623 bits per heavy atom. The van der Waals surface area contributed by atoms with Crippen LogP contribution in [0.1, 0.15) is 40.7 Å². The zero-order valence-electron chi connectivity index (χ0n) is 39.7. The van der Waals surface area contributed by atoms with Crippen LogP contribution < -0.4 is 9.80 Å². The number of hydrogen-bond donors (Lipinski definition) is 0. The molecule has 0 heterocycles. The summed E-state index contributed by atoms with van der Waals surface area (Å²) in [4.78, 5) is 4.86. The second-order valence-electron chi connectivity index (χ2n) is 18.7. The van der Waals surface area contributed by atoms with Gasteiger partial charge in [0, 0.05) is 34.1 Å². The number of hydrogen-bond acceptors (Lipinski definition) is 2. The van der Waals surface area contributed by atoms with Gasteiger partial charge in [-0.1, -0.05) is 187 Å². The maximum Gasteiger partial charge on any atom is 0.0496 e. The standard InChI is InChI=1S/C67H56N2/c1-47-16-20-51(21-17-47)54-24-34-59(35-25-54)68(60-36-30-56(31-37-60)58-13-9-10-49(3)46-58)61-42-32-57(33-43-61)64-44-45-67(66-15-8-7-14-65(64)66)69(62-38-26-53(27-39-62)50-11-5-4-6-12-50)63-40-28-55(29-41-63)52-22-18-48(2)19-23-52/h4-6,9-13,16-46H,7-8,14-15H2,1-3H3. The van der Waals surface area contributed by atoms with Gasteiger partial charge >= 0.3 is 0 Å². The van der Waals surface area contributed by atoms with Crippen LogP contribution in [-0.2, 0) is 12.8 Å². The van der Waals surface area contributed by atoms with Gasteiger partial charge in [-0.05, 0) is 180 Å². The summed E-state index contributed by atoms with van der Waals surface area (Å²) in [6.07, 6.45) is 4.46. The number of anilines is 6. The van der Waals surface area contributed by atoms with E-state index in [9.17, 15) is 0 Å². The van der Waals surface area contributed by atoms with Crippen LogP contribution in [0.3, 0.4) is 0 Å². The lowest BCUT2D eigenvalue weighted by molar-refractivity contribution is 0.687. The number of nitrogens with zero attached hydrogens (tertiary/aromatic N) is 2. The first-order valence-corrected chi connectivity index (χ1v) is 24.4. The summed E-state index contributed by atoms with van der Waals surface area (Å²) in [6, 6.07) is 87.3. The number of aryl methyl sites for hydroxylation is 3. The maximum atomic E-state index is 2.48. The van der Waals surface area contributed by atoms with Crippen LogP contribution in [0, 0.1) is 20.8 Å². The smallest absolute Gasteiger partial charge is 0.0496 e. The van der Waals surface area contributed by atoms with Gasteiger partial charge in [0.15, 0.2) is 0 Å². The van der Waals surface area contributed by atoms with Crippen molar-refractivity contribution >= 4 is 34.1 Å². The molecule has 1 aliphatic carbocycles. The first kappa shape index (κ1) is 43.4. The van der Waals surface area contributed by atoms with Gasteiger partial charge < -0.3 is 9.80 Å². The lowest BCUT2D eigenvalue weighted by Gasteiger charge is -2.32. The fourth-order valence-corrected chi connectivity index (χ4v) is 10.2. The first-order chi connectivity index (χ1) is 33.9. The largest absolute Gasteiger partial charge is 0.311 e. The Labute approximate surface area is 408 Å². The first-order valence-electron chi connectivity index (χ1n) is 24.4. The van der Waals surface area contributed by atoms with Gasteiger partial charge in [-0.15, -0.1) is 0 Å². The van der Waals surface area contributed by atoms with Gasteiger partial charge in [0.1, 0.15) is 0 Å². The van der Waals surface area contributed by atoms with Gasteiger partial charge in [0.05, 0.1) is 0 Å². The Bertz CT molecular complexity index is 3330. The Balaban J connectivity index is 0.962. The van der Waals surface area contributed by atoms with Crippen LogP contribution in [0.4, 0.5) is 34.1 Å². The average Bonchev–Trinajstić information content (AvgIpc) is 3.41.